The molecular formula is C17H13N3. The van der Waals surface area contributed by atoms with Crippen molar-refractivity contribution in [2.45, 2.75) is 18.8 Å². The Balaban J connectivity index is 2.09. The van der Waals surface area contributed by atoms with Crippen LogP contribution in [0.1, 0.15) is 24.5 Å². The molecule has 1 saturated carbocycles. The van der Waals surface area contributed by atoms with Crippen LogP contribution in [0.5, 0.6) is 0 Å². The molecule has 3 heteroatoms. The van der Waals surface area contributed by atoms with Gasteiger partial charge in [-0.25, -0.2) is 4.52 Å². The van der Waals surface area contributed by atoms with E-state index in [9.17, 15) is 0 Å². The highest BCUT2D eigenvalue weighted by molar-refractivity contribution is 6.09. The van der Waals surface area contributed by atoms with Crippen LogP contribution in [0.4, 0.5) is 0 Å². The van der Waals surface area contributed by atoms with Crippen LogP contribution in [-0.2, 0) is 0 Å². The first-order valence-electron chi connectivity index (χ1n) is 7.06. The Labute approximate surface area is 115 Å². The number of hydrogen-bond donors (Lipinski definition) is 0. The summed E-state index contributed by atoms with van der Waals surface area (Å²) in [6, 6.07) is 12.9. The van der Waals surface area contributed by atoms with E-state index in [4.69, 9.17) is 5.10 Å². The predicted octanol–water partition coefficient (Wildman–Crippen LogP) is 3.91. The molecule has 4 aromatic rings. The minimum absolute atomic E-state index is 0.671. The van der Waals surface area contributed by atoms with E-state index < -0.39 is 0 Å². The molecule has 3 aromatic heterocycles. The summed E-state index contributed by atoms with van der Waals surface area (Å²) < 4.78 is 2.15. The normalized spacial score (nSPS) is 15.4. The van der Waals surface area contributed by atoms with Gasteiger partial charge in [-0.15, -0.1) is 0 Å². The topological polar surface area (TPSA) is 30.2 Å². The third kappa shape index (κ3) is 1.29. The summed E-state index contributed by atoms with van der Waals surface area (Å²) in [5.74, 6) is 0.671. The van der Waals surface area contributed by atoms with Crippen molar-refractivity contribution in [3.8, 4) is 0 Å². The van der Waals surface area contributed by atoms with Gasteiger partial charge >= 0.3 is 0 Å². The maximum absolute atomic E-state index is 4.80. The zero-order chi connectivity index (χ0) is 13.1. The molecule has 0 atom stereocenters. The first kappa shape index (κ1) is 10.4. The van der Waals surface area contributed by atoms with Gasteiger partial charge in [-0.2, -0.15) is 5.10 Å². The molecular weight excluding hydrogens is 246 g/mol. The second-order valence-electron chi connectivity index (χ2n) is 5.58. The van der Waals surface area contributed by atoms with Crippen LogP contribution < -0.4 is 0 Å². The Morgan fingerprint density at radius 3 is 2.85 bits per heavy atom. The van der Waals surface area contributed by atoms with Crippen LogP contribution in [0.3, 0.4) is 0 Å². The van der Waals surface area contributed by atoms with E-state index in [-0.39, 0.29) is 0 Å². The third-order valence-electron chi connectivity index (χ3n) is 4.23. The van der Waals surface area contributed by atoms with E-state index in [1.165, 1.54) is 34.8 Å². The molecule has 1 aromatic carbocycles. The number of fused-ring (bicyclic) bond motifs is 5. The Hall–Kier alpha value is -2.42. The molecule has 5 rings (SSSR count). The van der Waals surface area contributed by atoms with Gasteiger partial charge in [0.1, 0.15) is 0 Å². The lowest BCUT2D eigenvalue weighted by molar-refractivity contribution is 0.874. The maximum atomic E-state index is 4.80. The quantitative estimate of drug-likeness (QED) is 0.518. The number of nitrogens with zero attached hydrogens (tertiary/aromatic N) is 3. The fourth-order valence-corrected chi connectivity index (χ4v) is 3.10. The van der Waals surface area contributed by atoms with Gasteiger partial charge in [0.25, 0.3) is 0 Å². The van der Waals surface area contributed by atoms with Gasteiger partial charge in [-0.1, -0.05) is 24.3 Å². The zero-order valence-electron chi connectivity index (χ0n) is 11.0. The summed E-state index contributed by atoms with van der Waals surface area (Å²) in [5, 5.41) is 8.50. The van der Waals surface area contributed by atoms with E-state index >= 15 is 0 Å². The molecule has 20 heavy (non-hydrogen) atoms. The Morgan fingerprint density at radius 2 is 1.95 bits per heavy atom. The van der Waals surface area contributed by atoms with Gasteiger partial charge in [0.15, 0.2) is 0 Å². The lowest BCUT2D eigenvalue weighted by Crippen LogP contribution is -1.97. The Kier molecular flexibility index (Phi) is 1.85. The molecule has 0 aliphatic heterocycles. The summed E-state index contributed by atoms with van der Waals surface area (Å²) >= 11 is 0. The molecule has 1 aliphatic carbocycles. The third-order valence-corrected chi connectivity index (χ3v) is 4.23. The van der Waals surface area contributed by atoms with Crippen molar-refractivity contribution in [3.05, 3.63) is 54.5 Å². The van der Waals surface area contributed by atoms with Crippen molar-refractivity contribution in [1.82, 2.24) is 14.6 Å². The van der Waals surface area contributed by atoms with Crippen LogP contribution in [0.2, 0.25) is 0 Å². The molecule has 0 saturated heterocycles. The molecule has 0 bridgehead atoms. The molecule has 0 unspecified atom stereocenters. The fourth-order valence-electron chi connectivity index (χ4n) is 3.10. The maximum Gasteiger partial charge on any atom is 0.0965 e. The fraction of sp³-hybridized carbons (Fsp3) is 0.176. The van der Waals surface area contributed by atoms with Crippen LogP contribution in [0, 0.1) is 0 Å². The van der Waals surface area contributed by atoms with E-state index in [1.54, 1.807) is 0 Å². The van der Waals surface area contributed by atoms with E-state index in [1.807, 2.05) is 18.5 Å². The first-order valence-corrected chi connectivity index (χ1v) is 7.06. The van der Waals surface area contributed by atoms with Crippen LogP contribution in [-0.4, -0.2) is 14.6 Å². The summed E-state index contributed by atoms with van der Waals surface area (Å²) in [6.07, 6.45) is 6.30. The van der Waals surface area contributed by atoms with Crippen molar-refractivity contribution < 1.29 is 0 Å². The van der Waals surface area contributed by atoms with Crippen LogP contribution in [0.15, 0.2) is 48.8 Å². The SMILES string of the molecule is c1ccc2c(c1)cc(C1CC1)n1nc3ccncc3c21. The molecule has 1 aliphatic rings. The van der Waals surface area contributed by atoms with Crippen molar-refractivity contribution in [2.75, 3.05) is 0 Å². The minimum atomic E-state index is 0.671. The number of rotatable bonds is 1. The zero-order valence-corrected chi connectivity index (χ0v) is 11.0. The van der Waals surface area contributed by atoms with Gasteiger partial charge < -0.3 is 0 Å². The van der Waals surface area contributed by atoms with Gasteiger partial charge in [0.05, 0.1) is 11.0 Å². The van der Waals surface area contributed by atoms with Gasteiger partial charge in [-0.05, 0) is 30.4 Å². The van der Waals surface area contributed by atoms with Gasteiger partial charge in [0.2, 0.25) is 0 Å². The van der Waals surface area contributed by atoms with Gasteiger partial charge in [-0.3, -0.25) is 4.98 Å². The molecule has 96 valence electrons. The Bertz CT molecular complexity index is 964. The molecule has 0 amide bonds. The van der Waals surface area contributed by atoms with Crippen molar-refractivity contribution in [1.29, 1.82) is 0 Å². The first-order chi connectivity index (χ1) is 9.92. The van der Waals surface area contributed by atoms with Crippen molar-refractivity contribution in [2.24, 2.45) is 0 Å². The highest BCUT2D eigenvalue weighted by Crippen LogP contribution is 2.42. The lowest BCUT2D eigenvalue weighted by atomic mass is 10.1. The van der Waals surface area contributed by atoms with Crippen LogP contribution >= 0.6 is 0 Å². The summed E-state index contributed by atoms with van der Waals surface area (Å²) in [7, 11) is 0. The van der Waals surface area contributed by atoms with Crippen molar-refractivity contribution in [3.63, 3.8) is 0 Å². The molecule has 3 nitrogen and oxygen atoms in total. The lowest BCUT2D eigenvalue weighted by Gasteiger charge is -2.07. The largest absolute Gasteiger partial charge is 0.264 e. The van der Waals surface area contributed by atoms with E-state index in [0.717, 1.165) is 10.9 Å². The highest BCUT2D eigenvalue weighted by atomic mass is 15.2. The summed E-state index contributed by atoms with van der Waals surface area (Å²) in [5.41, 5.74) is 3.57. The molecule has 0 spiro atoms. The van der Waals surface area contributed by atoms with Crippen molar-refractivity contribution >= 4 is 27.2 Å². The van der Waals surface area contributed by atoms with Crippen LogP contribution in [0.25, 0.3) is 27.2 Å². The highest BCUT2D eigenvalue weighted by Gasteiger charge is 2.27. The average Bonchev–Trinajstić information content (AvgIpc) is 3.26. The second kappa shape index (κ2) is 3.57. The second-order valence-corrected chi connectivity index (χ2v) is 5.58. The molecule has 1 fully saturated rings. The number of pyridine rings is 2. The molecule has 0 radical (unpaired) electrons. The predicted molar refractivity (Wildman–Crippen MR) is 80.0 cm³/mol. The number of hydrogen-bond acceptors (Lipinski definition) is 2. The smallest absolute Gasteiger partial charge is 0.0965 e. The Morgan fingerprint density at radius 1 is 1.05 bits per heavy atom. The monoisotopic (exact) mass is 259 g/mol. The summed E-state index contributed by atoms with van der Waals surface area (Å²) in [4.78, 5) is 4.28. The van der Waals surface area contributed by atoms with E-state index in [0.29, 0.717) is 5.92 Å². The standard InChI is InChI=1S/C17H13N3/c1-2-4-13-12(3-1)9-16(11-5-6-11)20-17(13)14-10-18-8-7-15(14)19-20/h1-4,7-11H,5-6H2. The average molecular weight is 259 g/mol. The van der Waals surface area contributed by atoms with E-state index in [2.05, 4.69) is 39.8 Å². The molecule has 0 N–H and O–H groups in total. The van der Waals surface area contributed by atoms with Gasteiger partial charge in [0, 0.05) is 34.8 Å². The number of benzene rings is 1. The molecule has 3 heterocycles. The number of aromatic nitrogens is 3. The summed E-state index contributed by atoms with van der Waals surface area (Å²) in [6.45, 7) is 0. The minimum Gasteiger partial charge on any atom is -0.264 e.